The van der Waals surface area contributed by atoms with Crippen LogP contribution in [-0.2, 0) is 6.42 Å². The molecule has 0 aliphatic carbocycles. The molecule has 0 saturated carbocycles. The van der Waals surface area contributed by atoms with Gasteiger partial charge in [-0.25, -0.2) is 0 Å². The molecule has 1 nitrogen and oxygen atoms in total. The predicted molar refractivity (Wildman–Crippen MR) is 91.3 cm³/mol. The quantitative estimate of drug-likeness (QED) is 0.651. The summed E-state index contributed by atoms with van der Waals surface area (Å²) < 4.78 is 2.50. The molecule has 0 bridgehead atoms. The first-order chi connectivity index (χ1) is 8.70. The zero-order valence-electron chi connectivity index (χ0n) is 10.1. The fourth-order valence-corrected chi connectivity index (χ4v) is 4.00. The van der Waals surface area contributed by atoms with Gasteiger partial charge in [0.2, 0.25) is 0 Å². The van der Waals surface area contributed by atoms with E-state index in [2.05, 4.69) is 86.5 Å². The maximum Gasteiger partial charge on any atom is 0.0467 e. The number of benzene rings is 1. The number of nitrogens with one attached hydrogen (secondary N) is 1. The summed E-state index contributed by atoms with van der Waals surface area (Å²) in [5.41, 5.74) is 1.38. The number of hydrogen-bond donors (Lipinski definition) is 1. The zero-order chi connectivity index (χ0) is 13.0. The number of halogens is 2. The highest BCUT2D eigenvalue weighted by atomic mass is 127. The molecule has 2 rings (SSSR count). The standard InChI is InChI=1S/C14H15BrINS/c1-2-17-13(14-12(15)7-8-18-14)9-10-3-5-11(16)6-4-10/h3-8,13,17H,2,9H2,1H3. The lowest BCUT2D eigenvalue weighted by molar-refractivity contribution is 0.556. The lowest BCUT2D eigenvalue weighted by atomic mass is 10.0. The molecule has 0 spiro atoms. The Labute approximate surface area is 134 Å². The maximum absolute atomic E-state index is 3.63. The molecule has 1 aromatic heterocycles. The molecular weight excluding hydrogens is 421 g/mol. The van der Waals surface area contributed by atoms with Gasteiger partial charge in [0, 0.05) is 19.0 Å². The van der Waals surface area contributed by atoms with Gasteiger partial charge >= 0.3 is 0 Å². The van der Waals surface area contributed by atoms with Gasteiger partial charge in [0.25, 0.3) is 0 Å². The molecule has 1 unspecified atom stereocenters. The van der Waals surface area contributed by atoms with Crippen molar-refractivity contribution < 1.29 is 0 Å². The van der Waals surface area contributed by atoms with E-state index in [9.17, 15) is 0 Å². The summed E-state index contributed by atoms with van der Waals surface area (Å²) in [5, 5.41) is 5.70. The van der Waals surface area contributed by atoms with Crippen molar-refractivity contribution in [2.24, 2.45) is 0 Å². The second kappa shape index (κ2) is 7.03. The van der Waals surface area contributed by atoms with E-state index < -0.39 is 0 Å². The van der Waals surface area contributed by atoms with Crippen LogP contribution in [0, 0.1) is 3.57 Å². The summed E-state index contributed by atoms with van der Waals surface area (Å²) in [4.78, 5) is 1.38. The first kappa shape index (κ1) is 14.5. The minimum atomic E-state index is 0.393. The van der Waals surface area contributed by atoms with Gasteiger partial charge in [-0.2, -0.15) is 0 Å². The number of hydrogen-bond acceptors (Lipinski definition) is 2. The van der Waals surface area contributed by atoms with E-state index in [-0.39, 0.29) is 0 Å². The Morgan fingerprint density at radius 2 is 2.00 bits per heavy atom. The van der Waals surface area contributed by atoms with Crippen LogP contribution in [0.5, 0.6) is 0 Å². The summed E-state index contributed by atoms with van der Waals surface area (Å²) in [7, 11) is 0. The van der Waals surface area contributed by atoms with Crippen molar-refractivity contribution in [1.29, 1.82) is 0 Å². The van der Waals surface area contributed by atoms with Gasteiger partial charge in [0.05, 0.1) is 0 Å². The third-order valence-electron chi connectivity index (χ3n) is 2.76. The van der Waals surface area contributed by atoms with Crippen molar-refractivity contribution in [1.82, 2.24) is 5.32 Å². The molecule has 0 aliphatic rings. The third kappa shape index (κ3) is 3.79. The summed E-state index contributed by atoms with van der Waals surface area (Å²) in [5.74, 6) is 0. The van der Waals surface area contributed by atoms with E-state index >= 15 is 0 Å². The van der Waals surface area contributed by atoms with Gasteiger partial charge in [-0.15, -0.1) is 11.3 Å². The highest BCUT2D eigenvalue weighted by Gasteiger charge is 2.15. The van der Waals surface area contributed by atoms with Crippen LogP contribution in [0.4, 0.5) is 0 Å². The molecule has 0 radical (unpaired) electrons. The van der Waals surface area contributed by atoms with Crippen LogP contribution in [0.3, 0.4) is 0 Å². The van der Waals surface area contributed by atoms with Crippen LogP contribution >= 0.6 is 49.9 Å². The molecule has 96 valence electrons. The minimum Gasteiger partial charge on any atom is -0.309 e. The van der Waals surface area contributed by atoms with Crippen molar-refractivity contribution in [2.45, 2.75) is 19.4 Å². The van der Waals surface area contributed by atoms with E-state index in [0.717, 1.165) is 13.0 Å². The first-order valence-electron chi connectivity index (χ1n) is 5.91. The average molecular weight is 436 g/mol. The fraction of sp³-hybridized carbons (Fsp3) is 0.286. The molecule has 0 amide bonds. The summed E-state index contributed by atoms with van der Waals surface area (Å²) in [6.45, 7) is 3.14. The Morgan fingerprint density at radius 1 is 1.28 bits per heavy atom. The van der Waals surface area contributed by atoms with E-state index in [1.807, 2.05) is 11.3 Å². The van der Waals surface area contributed by atoms with Crippen molar-refractivity contribution in [2.75, 3.05) is 6.54 Å². The van der Waals surface area contributed by atoms with Crippen molar-refractivity contribution in [3.63, 3.8) is 0 Å². The van der Waals surface area contributed by atoms with Gasteiger partial charge in [0.1, 0.15) is 0 Å². The van der Waals surface area contributed by atoms with Crippen LogP contribution in [0.15, 0.2) is 40.2 Å². The second-order valence-electron chi connectivity index (χ2n) is 4.07. The normalized spacial score (nSPS) is 12.6. The predicted octanol–water partition coefficient (Wildman–Crippen LogP) is 5.01. The highest BCUT2D eigenvalue weighted by Crippen LogP contribution is 2.31. The van der Waals surface area contributed by atoms with Gasteiger partial charge in [0.15, 0.2) is 0 Å². The van der Waals surface area contributed by atoms with Crippen LogP contribution in [0.2, 0.25) is 0 Å². The summed E-state index contributed by atoms with van der Waals surface area (Å²) in [6, 6.07) is 11.3. The van der Waals surface area contributed by atoms with Crippen LogP contribution in [0.25, 0.3) is 0 Å². The molecule has 1 atom stereocenters. The molecule has 0 aliphatic heterocycles. The number of likely N-dealkylation sites (N-methyl/N-ethyl adjacent to an activating group) is 1. The first-order valence-corrected chi connectivity index (χ1v) is 8.66. The van der Waals surface area contributed by atoms with Crippen molar-refractivity contribution >= 4 is 49.9 Å². The topological polar surface area (TPSA) is 12.0 Å². The average Bonchev–Trinajstić information content (AvgIpc) is 2.78. The SMILES string of the molecule is CCNC(Cc1ccc(I)cc1)c1sccc1Br. The number of thiophene rings is 1. The van der Waals surface area contributed by atoms with E-state index in [4.69, 9.17) is 0 Å². The lowest BCUT2D eigenvalue weighted by Crippen LogP contribution is -2.22. The molecule has 0 fully saturated rings. The van der Waals surface area contributed by atoms with Crippen LogP contribution < -0.4 is 5.32 Å². The Hall–Kier alpha value is 0.0900. The third-order valence-corrected chi connectivity index (χ3v) is 5.47. The largest absolute Gasteiger partial charge is 0.309 e. The van der Waals surface area contributed by atoms with Gasteiger partial charge < -0.3 is 5.32 Å². The molecule has 0 saturated heterocycles. The highest BCUT2D eigenvalue weighted by molar-refractivity contribution is 14.1. The Bertz CT molecular complexity index is 495. The molecule has 1 heterocycles. The molecule has 18 heavy (non-hydrogen) atoms. The van der Waals surface area contributed by atoms with E-state index in [1.165, 1.54) is 18.5 Å². The minimum absolute atomic E-state index is 0.393. The second-order valence-corrected chi connectivity index (χ2v) is 7.12. The zero-order valence-corrected chi connectivity index (χ0v) is 14.7. The van der Waals surface area contributed by atoms with Crippen LogP contribution in [-0.4, -0.2) is 6.54 Å². The van der Waals surface area contributed by atoms with Crippen LogP contribution in [0.1, 0.15) is 23.4 Å². The van der Waals surface area contributed by atoms with E-state index in [1.54, 1.807) is 0 Å². The number of rotatable bonds is 5. The van der Waals surface area contributed by atoms with Gasteiger partial charge in [-0.05, 0) is 80.6 Å². The molecule has 1 N–H and O–H groups in total. The van der Waals surface area contributed by atoms with Crippen molar-refractivity contribution in [3.05, 3.63) is 54.2 Å². The van der Waals surface area contributed by atoms with Crippen molar-refractivity contribution in [3.8, 4) is 0 Å². The fourth-order valence-electron chi connectivity index (χ4n) is 1.91. The molecule has 1 aromatic carbocycles. The Balaban J connectivity index is 2.16. The van der Waals surface area contributed by atoms with E-state index in [0.29, 0.717) is 6.04 Å². The Morgan fingerprint density at radius 3 is 2.56 bits per heavy atom. The summed E-state index contributed by atoms with van der Waals surface area (Å²) in [6.07, 6.45) is 1.03. The maximum atomic E-state index is 3.63. The summed E-state index contributed by atoms with van der Waals surface area (Å²) >= 11 is 7.78. The lowest BCUT2D eigenvalue weighted by Gasteiger charge is -2.17. The monoisotopic (exact) mass is 435 g/mol. The molecular formula is C14H15BrINS. The van der Waals surface area contributed by atoms with Gasteiger partial charge in [-0.1, -0.05) is 19.1 Å². The molecule has 2 aromatic rings. The Kier molecular flexibility index (Phi) is 5.66. The van der Waals surface area contributed by atoms with Gasteiger partial charge in [-0.3, -0.25) is 0 Å². The molecule has 4 heteroatoms. The smallest absolute Gasteiger partial charge is 0.0467 e.